The molecular formula is C18H19F3N4O3S. The van der Waals surface area contributed by atoms with Crippen LogP contribution in [0.1, 0.15) is 18.4 Å². The van der Waals surface area contributed by atoms with Crippen LogP contribution in [0, 0.1) is 0 Å². The smallest absolute Gasteiger partial charge is 0.376 e. The zero-order chi connectivity index (χ0) is 21.1. The first-order valence-electron chi connectivity index (χ1n) is 8.72. The summed E-state index contributed by atoms with van der Waals surface area (Å²) in [6.07, 6.45) is -2.80. The van der Waals surface area contributed by atoms with Crippen LogP contribution < -0.4 is 20.9 Å². The number of nitrogens with one attached hydrogen (secondary N) is 4. The Morgan fingerprint density at radius 3 is 2.34 bits per heavy atom. The van der Waals surface area contributed by atoms with E-state index in [4.69, 9.17) is 0 Å². The van der Waals surface area contributed by atoms with E-state index in [1.54, 1.807) is 0 Å². The number of amides is 1. The molecule has 1 fully saturated rings. The summed E-state index contributed by atoms with van der Waals surface area (Å²) in [4.78, 5) is 12.0. The number of hydrogen-bond acceptors (Lipinski definition) is 5. The van der Waals surface area contributed by atoms with Crippen molar-refractivity contribution in [2.24, 2.45) is 0 Å². The highest BCUT2D eigenvalue weighted by atomic mass is 32.2. The quantitative estimate of drug-likeness (QED) is 0.485. The minimum absolute atomic E-state index is 0.00131. The second-order valence-corrected chi connectivity index (χ2v) is 8.24. The molecule has 1 amide bonds. The van der Waals surface area contributed by atoms with Crippen LogP contribution in [0.3, 0.4) is 0 Å². The fourth-order valence-electron chi connectivity index (χ4n) is 2.38. The molecule has 3 rings (SSSR count). The van der Waals surface area contributed by atoms with Gasteiger partial charge in [0.15, 0.2) is 0 Å². The standard InChI is InChI=1S/C18H19F3N4O3S/c19-18(20,21)12-2-1-3-15(10-12)22-11-17(26)24-23-13-6-8-16(9-7-13)29(27,28)25-14-4-5-14/h1-3,6-10,14,22-23,25H,4-5,11H2,(H,24,26). The summed E-state index contributed by atoms with van der Waals surface area (Å²) in [5.41, 5.74) is 4.78. The molecule has 1 aliphatic rings. The molecule has 156 valence electrons. The van der Waals surface area contributed by atoms with Gasteiger partial charge in [-0.2, -0.15) is 13.2 Å². The van der Waals surface area contributed by atoms with Gasteiger partial charge in [-0.1, -0.05) is 6.07 Å². The molecule has 0 aliphatic heterocycles. The number of hydrogen-bond donors (Lipinski definition) is 4. The van der Waals surface area contributed by atoms with E-state index in [0.29, 0.717) is 5.69 Å². The minimum Gasteiger partial charge on any atom is -0.376 e. The molecule has 1 aliphatic carbocycles. The van der Waals surface area contributed by atoms with Crippen molar-refractivity contribution in [2.45, 2.75) is 30.0 Å². The topological polar surface area (TPSA) is 99.3 Å². The molecule has 29 heavy (non-hydrogen) atoms. The minimum atomic E-state index is -4.46. The molecule has 1 saturated carbocycles. The van der Waals surface area contributed by atoms with E-state index >= 15 is 0 Å². The number of alkyl halides is 3. The lowest BCUT2D eigenvalue weighted by Gasteiger charge is -2.12. The number of benzene rings is 2. The van der Waals surface area contributed by atoms with Crippen molar-refractivity contribution >= 4 is 27.3 Å². The van der Waals surface area contributed by atoms with Crippen molar-refractivity contribution in [2.75, 3.05) is 17.3 Å². The van der Waals surface area contributed by atoms with Gasteiger partial charge in [0.2, 0.25) is 10.0 Å². The molecule has 0 unspecified atom stereocenters. The van der Waals surface area contributed by atoms with Crippen molar-refractivity contribution < 1.29 is 26.4 Å². The molecule has 0 atom stereocenters. The third-order valence-electron chi connectivity index (χ3n) is 4.05. The number of rotatable bonds is 8. The van der Waals surface area contributed by atoms with Crippen molar-refractivity contribution in [1.29, 1.82) is 0 Å². The molecule has 2 aromatic rings. The highest BCUT2D eigenvalue weighted by molar-refractivity contribution is 7.89. The summed E-state index contributed by atoms with van der Waals surface area (Å²) >= 11 is 0. The largest absolute Gasteiger partial charge is 0.416 e. The average Bonchev–Trinajstić information content (AvgIpc) is 3.48. The van der Waals surface area contributed by atoms with Crippen molar-refractivity contribution in [3.8, 4) is 0 Å². The first-order valence-corrected chi connectivity index (χ1v) is 10.2. The van der Waals surface area contributed by atoms with Crippen molar-refractivity contribution in [1.82, 2.24) is 10.1 Å². The van der Waals surface area contributed by atoms with Gasteiger partial charge in [-0.25, -0.2) is 13.1 Å². The lowest BCUT2D eigenvalue weighted by molar-refractivity contribution is -0.137. The van der Waals surface area contributed by atoms with Gasteiger partial charge < -0.3 is 5.32 Å². The summed E-state index contributed by atoms with van der Waals surface area (Å²) in [5, 5.41) is 2.61. The van der Waals surface area contributed by atoms with Gasteiger partial charge >= 0.3 is 6.18 Å². The Balaban J connectivity index is 1.48. The van der Waals surface area contributed by atoms with Crippen molar-refractivity contribution in [3.63, 3.8) is 0 Å². The molecule has 0 radical (unpaired) electrons. The Bertz CT molecular complexity index is 975. The summed E-state index contributed by atoms with van der Waals surface area (Å²) < 4.78 is 64.8. The van der Waals surface area contributed by atoms with Crippen LogP contribution in [0.5, 0.6) is 0 Å². The lowest BCUT2D eigenvalue weighted by Crippen LogP contribution is -2.34. The molecule has 7 nitrogen and oxygen atoms in total. The predicted molar refractivity (Wildman–Crippen MR) is 101 cm³/mol. The maximum absolute atomic E-state index is 12.7. The van der Waals surface area contributed by atoms with Crippen molar-refractivity contribution in [3.05, 3.63) is 54.1 Å². The van der Waals surface area contributed by atoms with Crippen LogP contribution in [0.4, 0.5) is 24.5 Å². The van der Waals surface area contributed by atoms with E-state index in [-0.39, 0.29) is 23.2 Å². The van der Waals surface area contributed by atoms with Gasteiger partial charge in [0.1, 0.15) is 0 Å². The monoisotopic (exact) mass is 428 g/mol. The van der Waals surface area contributed by atoms with E-state index in [1.807, 2.05) is 0 Å². The molecule has 0 saturated heterocycles. The van der Waals surface area contributed by atoms with Crippen LogP contribution in [0.25, 0.3) is 0 Å². The Morgan fingerprint density at radius 1 is 1.03 bits per heavy atom. The van der Waals surface area contributed by atoms with Gasteiger partial charge in [-0.3, -0.25) is 15.6 Å². The first kappa shape index (κ1) is 20.9. The molecule has 0 bridgehead atoms. The Labute approximate surface area is 165 Å². The zero-order valence-corrected chi connectivity index (χ0v) is 15.9. The first-order chi connectivity index (χ1) is 13.6. The number of carbonyl (C=O) groups is 1. The van der Waals surface area contributed by atoms with Crippen LogP contribution in [-0.2, 0) is 21.0 Å². The van der Waals surface area contributed by atoms with Gasteiger partial charge in [0, 0.05) is 11.7 Å². The summed E-state index contributed by atoms with van der Waals surface area (Å²) in [5.74, 6) is -0.519. The maximum atomic E-state index is 12.7. The second-order valence-electron chi connectivity index (χ2n) is 6.53. The fraction of sp³-hybridized carbons (Fsp3) is 0.278. The normalized spacial score (nSPS) is 14.3. The molecule has 0 aromatic heterocycles. The third-order valence-corrected chi connectivity index (χ3v) is 5.59. The molecule has 0 heterocycles. The zero-order valence-electron chi connectivity index (χ0n) is 15.1. The van der Waals surface area contributed by atoms with E-state index in [1.165, 1.54) is 36.4 Å². The van der Waals surface area contributed by atoms with E-state index in [2.05, 4.69) is 20.9 Å². The molecule has 2 aromatic carbocycles. The van der Waals surface area contributed by atoms with E-state index in [0.717, 1.165) is 25.0 Å². The molecule has 0 spiro atoms. The fourth-order valence-corrected chi connectivity index (χ4v) is 3.68. The Morgan fingerprint density at radius 2 is 1.72 bits per heavy atom. The van der Waals surface area contributed by atoms with Gasteiger partial charge in [0.25, 0.3) is 5.91 Å². The van der Waals surface area contributed by atoms with Gasteiger partial charge in [-0.05, 0) is 55.3 Å². The molecule has 11 heteroatoms. The highest BCUT2D eigenvalue weighted by Crippen LogP contribution is 2.30. The highest BCUT2D eigenvalue weighted by Gasteiger charge is 2.30. The average molecular weight is 428 g/mol. The van der Waals surface area contributed by atoms with Gasteiger partial charge in [-0.15, -0.1) is 0 Å². The number of halogens is 3. The summed E-state index contributed by atoms with van der Waals surface area (Å²) in [6, 6.07) is 10.3. The van der Waals surface area contributed by atoms with Crippen LogP contribution in [-0.4, -0.2) is 26.9 Å². The SMILES string of the molecule is O=C(CNc1cccc(C(F)(F)F)c1)NNc1ccc(S(=O)(=O)NC2CC2)cc1. The number of anilines is 2. The lowest BCUT2D eigenvalue weighted by atomic mass is 10.2. The number of sulfonamides is 1. The van der Waals surface area contributed by atoms with E-state index < -0.39 is 27.7 Å². The third kappa shape index (κ3) is 6.09. The maximum Gasteiger partial charge on any atom is 0.416 e. The molecular weight excluding hydrogens is 409 g/mol. The van der Waals surface area contributed by atoms with Crippen LogP contribution in [0.15, 0.2) is 53.4 Å². The number of hydrazine groups is 1. The summed E-state index contributed by atoms with van der Waals surface area (Å²) in [7, 11) is -3.55. The predicted octanol–water partition coefficient (Wildman–Crippen LogP) is 2.70. The second kappa shape index (κ2) is 8.29. The van der Waals surface area contributed by atoms with Crippen LogP contribution >= 0.6 is 0 Å². The van der Waals surface area contributed by atoms with E-state index in [9.17, 15) is 26.4 Å². The Hall–Kier alpha value is -2.79. The van der Waals surface area contributed by atoms with Crippen LogP contribution in [0.2, 0.25) is 0 Å². The summed E-state index contributed by atoms with van der Waals surface area (Å²) in [6.45, 7) is -0.258. The molecule has 4 N–H and O–H groups in total. The Kier molecular flexibility index (Phi) is 5.99. The van der Waals surface area contributed by atoms with Gasteiger partial charge in [0.05, 0.1) is 22.7 Å². The number of carbonyl (C=O) groups excluding carboxylic acids is 1.